The topological polar surface area (TPSA) is 81.1 Å². The lowest BCUT2D eigenvalue weighted by molar-refractivity contribution is -0.122. The first kappa shape index (κ1) is 11.3. The number of amides is 1. The SMILES string of the molecule is NNC(=O)C(N)c1ccc(Cl)cc1Cl. The van der Waals surface area contributed by atoms with Crippen molar-refractivity contribution in [3.63, 3.8) is 0 Å². The summed E-state index contributed by atoms with van der Waals surface area (Å²) in [6.45, 7) is 0. The summed E-state index contributed by atoms with van der Waals surface area (Å²) in [5.41, 5.74) is 8.02. The van der Waals surface area contributed by atoms with Gasteiger partial charge in [0.05, 0.1) is 0 Å². The van der Waals surface area contributed by atoms with Crippen LogP contribution in [-0.4, -0.2) is 5.91 Å². The zero-order valence-corrected chi connectivity index (χ0v) is 8.64. The molecule has 0 heterocycles. The Bertz CT molecular complexity index is 356. The predicted molar refractivity (Wildman–Crippen MR) is 55.7 cm³/mol. The molecule has 4 nitrogen and oxygen atoms in total. The summed E-state index contributed by atoms with van der Waals surface area (Å²) in [6, 6.07) is 3.82. The van der Waals surface area contributed by atoms with Crippen molar-refractivity contribution < 1.29 is 4.79 Å². The summed E-state index contributed by atoms with van der Waals surface area (Å²) >= 11 is 11.5. The Balaban J connectivity index is 3.01. The molecule has 1 rings (SSSR count). The number of hydrogen-bond acceptors (Lipinski definition) is 3. The maximum Gasteiger partial charge on any atom is 0.255 e. The van der Waals surface area contributed by atoms with Crippen molar-refractivity contribution in [2.45, 2.75) is 6.04 Å². The van der Waals surface area contributed by atoms with E-state index in [-0.39, 0.29) is 0 Å². The first-order valence-corrected chi connectivity index (χ1v) is 4.53. The van der Waals surface area contributed by atoms with Crippen molar-refractivity contribution in [1.82, 2.24) is 5.43 Å². The van der Waals surface area contributed by atoms with Gasteiger partial charge in [0.15, 0.2) is 0 Å². The fourth-order valence-electron chi connectivity index (χ4n) is 0.985. The summed E-state index contributed by atoms with van der Waals surface area (Å²) < 4.78 is 0. The lowest BCUT2D eigenvalue weighted by Gasteiger charge is -2.11. The average molecular weight is 234 g/mol. The molecule has 0 aliphatic carbocycles. The third-order valence-electron chi connectivity index (χ3n) is 1.72. The van der Waals surface area contributed by atoms with Crippen molar-refractivity contribution in [2.75, 3.05) is 0 Å². The normalized spacial score (nSPS) is 12.3. The van der Waals surface area contributed by atoms with E-state index in [9.17, 15) is 4.79 Å². The maximum absolute atomic E-state index is 11.1. The maximum atomic E-state index is 11.1. The zero-order valence-electron chi connectivity index (χ0n) is 7.13. The number of rotatable bonds is 2. The minimum Gasteiger partial charge on any atom is -0.316 e. The van der Waals surface area contributed by atoms with Gasteiger partial charge in [-0.2, -0.15) is 0 Å². The number of carbonyl (C=O) groups is 1. The third kappa shape index (κ3) is 2.36. The van der Waals surface area contributed by atoms with Crippen molar-refractivity contribution in [3.05, 3.63) is 33.8 Å². The molecule has 0 saturated carbocycles. The molecule has 14 heavy (non-hydrogen) atoms. The van der Waals surface area contributed by atoms with Crippen LogP contribution in [0.1, 0.15) is 11.6 Å². The molecule has 76 valence electrons. The highest BCUT2D eigenvalue weighted by Gasteiger charge is 2.17. The molecule has 0 spiro atoms. The Hall–Kier alpha value is -0.810. The lowest BCUT2D eigenvalue weighted by atomic mass is 10.1. The Labute approximate surface area is 91.1 Å². The number of nitrogens with two attached hydrogens (primary N) is 2. The van der Waals surface area contributed by atoms with Gasteiger partial charge in [0.2, 0.25) is 0 Å². The molecule has 0 aliphatic heterocycles. The molecule has 1 aromatic carbocycles. The van der Waals surface area contributed by atoms with Crippen LogP contribution in [0.5, 0.6) is 0 Å². The molecule has 0 bridgehead atoms. The summed E-state index contributed by atoms with van der Waals surface area (Å²) in [6.07, 6.45) is 0. The minimum absolute atomic E-state index is 0.341. The molecule has 1 atom stereocenters. The van der Waals surface area contributed by atoms with E-state index < -0.39 is 11.9 Å². The van der Waals surface area contributed by atoms with Crippen LogP contribution in [0.15, 0.2) is 18.2 Å². The summed E-state index contributed by atoms with van der Waals surface area (Å²) in [5.74, 6) is 4.44. The number of halogens is 2. The van der Waals surface area contributed by atoms with Gasteiger partial charge in [0, 0.05) is 10.0 Å². The lowest BCUT2D eigenvalue weighted by Crippen LogP contribution is -2.38. The van der Waals surface area contributed by atoms with E-state index in [0.717, 1.165) is 0 Å². The number of carbonyl (C=O) groups excluding carboxylic acids is 1. The fourth-order valence-corrected chi connectivity index (χ4v) is 1.51. The van der Waals surface area contributed by atoms with E-state index in [1.807, 2.05) is 5.43 Å². The van der Waals surface area contributed by atoms with Crippen LogP contribution >= 0.6 is 23.2 Å². The van der Waals surface area contributed by atoms with Crippen molar-refractivity contribution in [3.8, 4) is 0 Å². The molecule has 0 saturated heterocycles. The zero-order chi connectivity index (χ0) is 10.7. The van der Waals surface area contributed by atoms with Gasteiger partial charge < -0.3 is 5.73 Å². The van der Waals surface area contributed by atoms with E-state index in [0.29, 0.717) is 15.6 Å². The predicted octanol–water partition coefficient (Wildman–Crippen LogP) is 0.983. The van der Waals surface area contributed by atoms with Crippen LogP contribution in [0.25, 0.3) is 0 Å². The molecule has 1 unspecified atom stereocenters. The number of hydrazine groups is 1. The molecule has 1 aromatic rings. The second-order valence-electron chi connectivity index (χ2n) is 2.65. The molecule has 0 fully saturated rings. The second-order valence-corrected chi connectivity index (χ2v) is 3.50. The second kappa shape index (κ2) is 4.61. The van der Waals surface area contributed by atoms with E-state index in [2.05, 4.69) is 0 Å². The van der Waals surface area contributed by atoms with E-state index >= 15 is 0 Å². The highest BCUT2D eigenvalue weighted by Crippen LogP contribution is 2.24. The third-order valence-corrected chi connectivity index (χ3v) is 2.28. The molecule has 0 radical (unpaired) electrons. The van der Waals surface area contributed by atoms with Crippen LogP contribution in [-0.2, 0) is 4.79 Å². The van der Waals surface area contributed by atoms with Gasteiger partial charge in [0.25, 0.3) is 5.91 Å². The minimum atomic E-state index is -0.884. The smallest absolute Gasteiger partial charge is 0.255 e. The molecular formula is C8H9Cl2N3O. The average Bonchev–Trinajstić information content (AvgIpc) is 2.15. The monoisotopic (exact) mass is 233 g/mol. The van der Waals surface area contributed by atoms with Crippen LogP contribution in [0.2, 0.25) is 10.0 Å². The summed E-state index contributed by atoms with van der Waals surface area (Å²) in [4.78, 5) is 11.1. The first-order chi connectivity index (χ1) is 6.56. The Morgan fingerprint density at radius 2 is 2.07 bits per heavy atom. The molecular weight excluding hydrogens is 225 g/mol. The van der Waals surface area contributed by atoms with Gasteiger partial charge in [-0.1, -0.05) is 29.3 Å². The van der Waals surface area contributed by atoms with Crippen molar-refractivity contribution in [1.29, 1.82) is 0 Å². The summed E-state index contributed by atoms with van der Waals surface area (Å²) in [7, 11) is 0. The highest BCUT2D eigenvalue weighted by atomic mass is 35.5. The van der Waals surface area contributed by atoms with Gasteiger partial charge in [-0.05, 0) is 17.7 Å². The van der Waals surface area contributed by atoms with Gasteiger partial charge in [-0.3, -0.25) is 10.2 Å². The molecule has 1 amide bonds. The number of nitrogens with one attached hydrogen (secondary N) is 1. The fraction of sp³-hybridized carbons (Fsp3) is 0.125. The molecule has 5 N–H and O–H groups in total. The molecule has 6 heteroatoms. The van der Waals surface area contributed by atoms with E-state index in [1.54, 1.807) is 12.1 Å². The van der Waals surface area contributed by atoms with Crippen LogP contribution in [0.4, 0.5) is 0 Å². The molecule has 0 aromatic heterocycles. The van der Waals surface area contributed by atoms with Crippen molar-refractivity contribution >= 4 is 29.1 Å². The molecule has 0 aliphatic rings. The number of benzene rings is 1. The van der Waals surface area contributed by atoms with Gasteiger partial charge >= 0.3 is 0 Å². The number of hydrogen-bond donors (Lipinski definition) is 3. The van der Waals surface area contributed by atoms with Crippen molar-refractivity contribution in [2.24, 2.45) is 11.6 Å². The quantitative estimate of drug-likeness (QED) is 0.405. The van der Waals surface area contributed by atoms with Crippen LogP contribution in [0.3, 0.4) is 0 Å². The van der Waals surface area contributed by atoms with Crippen LogP contribution < -0.4 is 17.0 Å². The van der Waals surface area contributed by atoms with Gasteiger partial charge in [-0.25, -0.2) is 5.84 Å². The Morgan fingerprint density at radius 3 is 2.57 bits per heavy atom. The Morgan fingerprint density at radius 1 is 1.43 bits per heavy atom. The Kier molecular flexibility index (Phi) is 3.71. The standard InChI is InChI=1S/C8H9Cl2N3O/c9-4-1-2-5(6(10)3-4)7(11)8(14)13-12/h1-3,7H,11-12H2,(H,13,14). The van der Waals surface area contributed by atoms with Gasteiger partial charge in [0.1, 0.15) is 6.04 Å². The van der Waals surface area contributed by atoms with Crippen LogP contribution in [0, 0.1) is 0 Å². The van der Waals surface area contributed by atoms with E-state index in [4.69, 9.17) is 34.8 Å². The first-order valence-electron chi connectivity index (χ1n) is 3.77. The van der Waals surface area contributed by atoms with E-state index in [1.165, 1.54) is 6.07 Å². The summed E-state index contributed by atoms with van der Waals surface area (Å²) in [5, 5.41) is 0.827. The van der Waals surface area contributed by atoms with Gasteiger partial charge in [-0.15, -0.1) is 0 Å². The highest BCUT2D eigenvalue weighted by molar-refractivity contribution is 6.35. The largest absolute Gasteiger partial charge is 0.316 e.